The Kier molecular flexibility index (Phi) is 5.61. The summed E-state index contributed by atoms with van der Waals surface area (Å²) < 4.78 is 29.2. The Hall–Kier alpha value is -1.93. The molecule has 1 heterocycles. The Bertz CT molecular complexity index is 706. The fourth-order valence-corrected chi connectivity index (χ4v) is 3.51. The number of nitrogens with zero attached hydrogens (tertiary/aromatic N) is 2. The molecule has 0 atom stereocenters. The molecule has 0 aromatic heterocycles. The molecule has 1 amide bonds. The van der Waals surface area contributed by atoms with Gasteiger partial charge in [-0.05, 0) is 37.1 Å². The van der Waals surface area contributed by atoms with Crippen LogP contribution in [-0.4, -0.2) is 69.0 Å². The molecule has 1 aliphatic rings. The SMILES string of the molecule is COC(=O)c1ccc(C(=O)N2CCC(N(C)S(C)(=O)=O)CC2)cc1. The molecule has 1 aromatic carbocycles. The normalized spacial score (nSPS) is 16.2. The third kappa shape index (κ3) is 4.12. The van der Waals surface area contributed by atoms with Gasteiger partial charge in [0.25, 0.3) is 5.91 Å². The number of likely N-dealkylation sites (tertiary alicyclic amines) is 1. The highest BCUT2D eigenvalue weighted by molar-refractivity contribution is 7.88. The third-order valence-corrected chi connectivity index (χ3v) is 5.69. The molecule has 0 unspecified atom stereocenters. The van der Waals surface area contributed by atoms with Crippen LogP contribution in [0.4, 0.5) is 0 Å². The van der Waals surface area contributed by atoms with Crippen molar-refractivity contribution < 1.29 is 22.7 Å². The third-order valence-electron chi connectivity index (χ3n) is 4.34. The largest absolute Gasteiger partial charge is 0.465 e. The second kappa shape index (κ2) is 7.31. The number of benzene rings is 1. The molecule has 1 fully saturated rings. The van der Waals surface area contributed by atoms with Crippen LogP contribution in [0.2, 0.25) is 0 Å². The lowest BCUT2D eigenvalue weighted by Crippen LogP contribution is -2.47. The van der Waals surface area contributed by atoms with E-state index >= 15 is 0 Å². The maximum atomic E-state index is 12.5. The minimum atomic E-state index is -3.22. The van der Waals surface area contributed by atoms with Gasteiger partial charge in [0.15, 0.2) is 0 Å². The molecule has 0 saturated carbocycles. The highest BCUT2D eigenvalue weighted by atomic mass is 32.2. The summed E-state index contributed by atoms with van der Waals surface area (Å²) in [5.74, 6) is -0.564. The summed E-state index contributed by atoms with van der Waals surface area (Å²) in [5, 5.41) is 0. The first kappa shape index (κ1) is 18.4. The molecular formula is C16H22N2O5S. The van der Waals surface area contributed by atoms with E-state index in [0.29, 0.717) is 37.1 Å². The number of rotatable bonds is 4. The maximum Gasteiger partial charge on any atom is 0.337 e. The second-order valence-electron chi connectivity index (χ2n) is 5.87. The average molecular weight is 354 g/mol. The molecule has 1 aromatic rings. The molecule has 132 valence electrons. The van der Waals surface area contributed by atoms with Crippen LogP contribution in [0.15, 0.2) is 24.3 Å². The summed E-state index contributed by atoms with van der Waals surface area (Å²) in [6.45, 7) is 1.00. The smallest absolute Gasteiger partial charge is 0.337 e. The molecule has 7 nitrogen and oxygen atoms in total. The Balaban J connectivity index is 1.99. The van der Waals surface area contributed by atoms with Crippen molar-refractivity contribution in [2.45, 2.75) is 18.9 Å². The van der Waals surface area contributed by atoms with Crippen LogP contribution in [0.3, 0.4) is 0 Å². The van der Waals surface area contributed by atoms with E-state index in [1.165, 1.54) is 17.7 Å². The number of piperidine rings is 1. The fraction of sp³-hybridized carbons (Fsp3) is 0.500. The Morgan fingerprint density at radius 1 is 1.12 bits per heavy atom. The van der Waals surface area contributed by atoms with E-state index in [1.54, 1.807) is 36.2 Å². The number of sulfonamides is 1. The van der Waals surface area contributed by atoms with E-state index in [9.17, 15) is 18.0 Å². The summed E-state index contributed by atoms with van der Waals surface area (Å²) in [5.41, 5.74) is 0.889. The molecular weight excluding hydrogens is 332 g/mol. The summed E-state index contributed by atoms with van der Waals surface area (Å²) in [7, 11) is -0.345. The lowest BCUT2D eigenvalue weighted by atomic mass is 10.0. The summed E-state index contributed by atoms with van der Waals surface area (Å²) in [6.07, 6.45) is 2.40. The molecule has 1 saturated heterocycles. The average Bonchev–Trinajstić information content (AvgIpc) is 2.59. The highest BCUT2D eigenvalue weighted by Gasteiger charge is 2.29. The van der Waals surface area contributed by atoms with Crippen LogP contribution in [0, 0.1) is 0 Å². The molecule has 0 N–H and O–H groups in total. The molecule has 0 bridgehead atoms. The first-order valence-electron chi connectivity index (χ1n) is 7.64. The first-order chi connectivity index (χ1) is 11.2. The lowest BCUT2D eigenvalue weighted by Gasteiger charge is -2.35. The second-order valence-corrected chi connectivity index (χ2v) is 7.91. The van der Waals surface area contributed by atoms with Gasteiger partial charge >= 0.3 is 5.97 Å². The van der Waals surface area contributed by atoms with Gasteiger partial charge in [-0.1, -0.05) is 0 Å². The van der Waals surface area contributed by atoms with Gasteiger partial charge in [0, 0.05) is 31.7 Å². The van der Waals surface area contributed by atoms with Gasteiger partial charge in [0.1, 0.15) is 0 Å². The molecule has 0 aliphatic carbocycles. The zero-order chi connectivity index (χ0) is 17.9. The van der Waals surface area contributed by atoms with Crippen molar-refractivity contribution in [2.24, 2.45) is 0 Å². The van der Waals surface area contributed by atoms with Gasteiger partial charge in [-0.15, -0.1) is 0 Å². The summed E-state index contributed by atoms with van der Waals surface area (Å²) >= 11 is 0. The molecule has 0 spiro atoms. The van der Waals surface area contributed by atoms with Crippen molar-refractivity contribution in [3.8, 4) is 0 Å². The highest BCUT2D eigenvalue weighted by Crippen LogP contribution is 2.19. The predicted octanol–water partition coefficient (Wildman–Crippen LogP) is 0.969. The Morgan fingerprint density at radius 2 is 1.62 bits per heavy atom. The standard InChI is InChI=1S/C16H22N2O5S/c1-17(24(3,21)22)14-8-10-18(11-9-14)15(19)12-4-6-13(7-5-12)16(20)23-2/h4-7,14H,8-11H2,1-3H3. The van der Waals surface area contributed by atoms with Crippen molar-refractivity contribution in [1.82, 2.24) is 9.21 Å². The van der Waals surface area contributed by atoms with Gasteiger partial charge in [0.2, 0.25) is 10.0 Å². The minimum absolute atomic E-state index is 0.0780. The quantitative estimate of drug-likeness (QED) is 0.752. The fourth-order valence-electron chi connectivity index (χ4n) is 2.75. The lowest BCUT2D eigenvalue weighted by molar-refractivity contribution is 0.0598. The van der Waals surface area contributed by atoms with Crippen molar-refractivity contribution in [3.63, 3.8) is 0 Å². The topological polar surface area (TPSA) is 84.0 Å². The minimum Gasteiger partial charge on any atom is -0.465 e. The number of hydrogen-bond donors (Lipinski definition) is 0. The predicted molar refractivity (Wildman–Crippen MR) is 89.3 cm³/mol. The number of methoxy groups -OCH3 is 1. The van der Waals surface area contributed by atoms with Crippen molar-refractivity contribution in [2.75, 3.05) is 33.5 Å². The number of amides is 1. The zero-order valence-corrected chi connectivity index (χ0v) is 14.9. The van der Waals surface area contributed by atoms with Crippen LogP contribution in [0.1, 0.15) is 33.6 Å². The molecule has 8 heteroatoms. The number of carbonyl (C=O) groups is 2. The Morgan fingerprint density at radius 3 is 2.08 bits per heavy atom. The van der Waals surface area contributed by atoms with E-state index in [2.05, 4.69) is 4.74 Å². The molecule has 2 rings (SSSR count). The number of ether oxygens (including phenoxy) is 1. The van der Waals surface area contributed by atoms with E-state index in [0.717, 1.165) is 0 Å². The summed E-state index contributed by atoms with van der Waals surface area (Å²) in [6, 6.07) is 6.24. The van der Waals surface area contributed by atoms with Crippen molar-refractivity contribution in [1.29, 1.82) is 0 Å². The van der Waals surface area contributed by atoms with Crippen molar-refractivity contribution in [3.05, 3.63) is 35.4 Å². The summed E-state index contributed by atoms with van der Waals surface area (Å²) in [4.78, 5) is 25.6. The van der Waals surface area contributed by atoms with Gasteiger partial charge in [-0.2, -0.15) is 0 Å². The molecule has 0 radical (unpaired) electrons. The van der Waals surface area contributed by atoms with Gasteiger partial charge < -0.3 is 9.64 Å². The van der Waals surface area contributed by atoms with Crippen LogP contribution in [0.25, 0.3) is 0 Å². The maximum absolute atomic E-state index is 12.5. The van der Waals surface area contributed by atoms with E-state index in [-0.39, 0.29) is 11.9 Å². The first-order valence-corrected chi connectivity index (χ1v) is 9.49. The zero-order valence-electron chi connectivity index (χ0n) is 14.1. The number of esters is 1. The monoisotopic (exact) mass is 354 g/mol. The van der Waals surface area contributed by atoms with Gasteiger partial charge in [0.05, 0.1) is 18.9 Å². The van der Waals surface area contributed by atoms with E-state index in [4.69, 9.17) is 0 Å². The van der Waals surface area contributed by atoms with Crippen LogP contribution in [-0.2, 0) is 14.8 Å². The molecule has 24 heavy (non-hydrogen) atoms. The number of carbonyl (C=O) groups excluding carboxylic acids is 2. The molecule has 1 aliphatic heterocycles. The number of hydrogen-bond acceptors (Lipinski definition) is 5. The van der Waals surface area contributed by atoms with Crippen LogP contribution >= 0.6 is 0 Å². The van der Waals surface area contributed by atoms with Crippen LogP contribution in [0.5, 0.6) is 0 Å². The van der Waals surface area contributed by atoms with Gasteiger partial charge in [-0.25, -0.2) is 17.5 Å². The van der Waals surface area contributed by atoms with Crippen LogP contribution < -0.4 is 0 Å². The van der Waals surface area contributed by atoms with E-state index in [1.807, 2.05) is 0 Å². The van der Waals surface area contributed by atoms with Gasteiger partial charge in [-0.3, -0.25) is 4.79 Å². The van der Waals surface area contributed by atoms with E-state index < -0.39 is 16.0 Å². The Labute approximate surface area is 142 Å². The van der Waals surface area contributed by atoms with Crippen molar-refractivity contribution >= 4 is 21.9 Å².